The zero-order valence-electron chi connectivity index (χ0n) is 12.8. The standard InChI is InChI=1S/C20H14NO3/c22-18(13-21-10-4-1-5-11-21)17-12-16-15-7-3-2-6-14(15)8-9-19(16)24-20(17)23/h1-12H,13H2/q+1. The number of nitrogens with zero attached hydrogens (tertiary/aromatic N) is 1. The molecule has 4 heteroatoms. The Hall–Kier alpha value is -3.27. The molecule has 0 amide bonds. The summed E-state index contributed by atoms with van der Waals surface area (Å²) < 4.78 is 7.11. The Morgan fingerprint density at radius 1 is 0.917 bits per heavy atom. The summed E-state index contributed by atoms with van der Waals surface area (Å²) in [5.41, 5.74) is -0.0304. The first-order valence-electron chi connectivity index (χ1n) is 7.65. The molecule has 0 N–H and O–H groups in total. The molecular weight excluding hydrogens is 302 g/mol. The van der Waals surface area contributed by atoms with Gasteiger partial charge in [0.25, 0.3) is 0 Å². The molecule has 0 bridgehead atoms. The lowest BCUT2D eigenvalue weighted by atomic mass is 10.0. The van der Waals surface area contributed by atoms with Crippen LogP contribution >= 0.6 is 0 Å². The van der Waals surface area contributed by atoms with Crippen LogP contribution < -0.4 is 10.2 Å². The number of fused-ring (bicyclic) bond motifs is 3. The van der Waals surface area contributed by atoms with E-state index < -0.39 is 5.63 Å². The fourth-order valence-electron chi connectivity index (χ4n) is 2.86. The van der Waals surface area contributed by atoms with Gasteiger partial charge in [-0.05, 0) is 22.9 Å². The highest BCUT2D eigenvalue weighted by Crippen LogP contribution is 2.24. The van der Waals surface area contributed by atoms with E-state index in [1.165, 1.54) is 0 Å². The number of pyridine rings is 1. The van der Waals surface area contributed by atoms with Crippen LogP contribution in [0.4, 0.5) is 0 Å². The largest absolute Gasteiger partial charge is 0.422 e. The first-order chi connectivity index (χ1) is 11.7. The van der Waals surface area contributed by atoms with Crippen LogP contribution in [0.25, 0.3) is 21.7 Å². The van der Waals surface area contributed by atoms with E-state index in [1.807, 2.05) is 48.5 Å². The van der Waals surface area contributed by atoms with Gasteiger partial charge in [0.2, 0.25) is 12.3 Å². The van der Waals surface area contributed by atoms with E-state index in [-0.39, 0.29) is 17.9 Å². The van der Waals surface area contributed by atoms with Crippen LogP contribution in [0.15, 0.2) is 82.3 Å². The van der Waals surface area contributed by atoms with Crippen molar-refractivity contribution in [3.8, 4) is 0 Å². The molecule has 0 radical (unpaired) electrons. The van der Waals surface area contributed by atoms with Crippen molar-refractivity contribution in [1.29, 1.82) is 0 Å². The smallest absolute Gasteiger partial charge is 0.347 e. The zero-order chi connectivity index (χ0) is 16.5. The summed E-state index contributed by atoms with van der Waals surface area (Å²) in [7, 11) is 0. The van der Waals surface area contributed by atoms with Gasteiger partial charge in [0.1, 0.15) is 11.1 Å². The molecule has 2 aromatic heterocycles. The molecule has 0 fully saturated rings. The topological polar surface area (TPSA) is 51.2 Å². The van der Waals surface area contributed by atoms with Crippen molar-refractivity contribution in [3.05, 3.63) is 89.0 Å². The Labute approximate surface area is 137 Å². The molecule has 2 aromatic carbocycles. The van der Waals surface area contributed by atoms with Gasteiger partial charge in [-0.15, -0.1) is 0 Å². The maximum absolute atomic E-state index is 12.5. The molecule has 0 aliphatic carbocycles. The number of ketones is 1. The number of Topliss-reactive ketones (excluding diaryl/α,β-unsaturated/α-hetero) is 1. The van der Waals surface area contributed by atoms with Gasteiger partial charge in [-0.3, -0.25) is 4.79 Å². The lowest BCUT2D eigenvalue weighted by molar-refractivity contribution is -0.683. The Balaban J connectivity index is 1.86. The molecule has 4 aromatic rings. The third-order valence-corrected chi connectivity index (χ3v) is 4.05. The second-order valence-corrected chi connectivity index (χ2v) is 5.62. The Morgan fingerprint density at radius 3 is 2.54 bits per heavy atom. The summed E-state index contributed by atoms with van der Waals surface area (Å²) in [5, 5.41) is 2.77. The van der Waals surface area contributed by atoms with Crippen molar-refractivity contribution in [2.24, 2.45) is 0 Å². The third kappa shape index (κ3) is 2.48. The molecule has 0 aliphatic heterocycles. The SMILES string of the molecule is O=C(C[n+]1ccccc1)c1cc2c(ccc3ccccc32)oc1=O. The monoisotopic (exact) mass is 316 g/mol. The van der Waals surface area contributed by atoms with Gasteiger partial charge < -0.3 is 4.42 Å². The molecule has 0 saturated carbocycles. The van der Waals surface area contributed by atoms with Crippen molar-refractivity contribution < 1.29 is 13.8 Å². The molecule has 4 nitrogen and oxygen atoms in total. The summed E-state index contributed by atoms with van der Waals surface area (Å²) in [4.78, 5) is 24.7. The Bertz CT molecular complexity index is 1110. The molecule has 116 valence electrons. The number of aromatic nitrogens is 1. The third-order valence-electron chi connectivity index (χ3n) is 4.05. The van der Waals surface area contributed by atoms with E-state index in [9.17, 15) is 9.59 Å². The number of carbonyl (C=O) groups is 1. The summed E-state index contributed by atoms with van der Waals surface area (Å²) in [5.74, 6) is -0.269. The Morgan fingerprint density at radius 2 is 1.71 bits per heavy atom. The van der Waals surface area contributed by atoms with Crippen LogP contribution in [0, 0.1) is 0 Å². The van der Waals surface area contributed by atoms with Crippen LogP contribution in [0.1, 0.15) is 10.4 Å². The number of carbonyl (C=O) groups excluding carboxylic acids is 1. The highest BCUT2D eigenvalue weighted by atomic mass is 16.4. The first kappa shape index (κ1) is 14.3. The van der Waals surface area contributed by atoms with E-state index >= 15 is 0 Å². The maximum atomic E-state index is 12.5. The van der Waals surface area contributed by atoms with E-state index in [4.69, 9.17) is 4.42 Å². The first-order valence-corrected chi connectivity index (χ1v) is 7.65. The predicted molar refractivity (Wildman–Crippen MR) is 91.0 cm³/mol. The summed E-state index contributed by atoms with van der Waals surface area (Å²) in [6.45, 7) is 0.0991. The van der Waals surface area contributed by atoms with Gasteiger partial charge in [0.05, 0.1) is 0 Å². The average molecular weight is 316 g/mol. The van der Waals surface area contributed by atoms with E-state index in [2.05, 4.69) is 0 Å². The molecule has 24 heavy (non-hydrogen) atoms. The van der Waals surface area contributed by atoms with Gasteiger partial charge in [-0.1, -0.05) is 36.4 Å². The number of rotatable bonds is 3. The van der Waals surface area contributed by atoms with E-state index in [0.29, 0.717) is 5.58 Å². The highest BCUT2D eigenvalue weighted by molar-refractivity contribution is 6.08. The van der Waals surface area contributed by atoms with E-state index in [1.54, 1.807) is 29.1 Å². The molecule has 0 unspecified atom stereocenters. The summed E-state index contributed by atoms with van der Waals surface area (Å²) in [6, 6.07) is 18.7. The van der Waals surface area contributed by atoms with Crippen LogP contribution in [0.3, 0.4) is 0 Å². The van der Waals surface area contributed by atoms with Crippen molar-refractivity contribution >= 4 is 27.5 Å². The lowest BCUT2D eigenvalue weighted by Crippen LogP contribution is -2.38. The predicted octanol–water partition coefficient (Wildman–Crippen LogP) is 3.12. The molecule has 2 heterocycles. The minimum absolute atomic E-state index is 0.0789. The van der Waals surface area contributed by atoms with Gasteiger partial charge in [0, 0.05) is 17.5 Å². The van der Waals surface area contributed by atoms with Gasteiger partial charge >= 0.3 is 5.63 Å². The maximum Gasteiger partial charge on any atom is 0.347 e. The van der Waals surface area contributed by atoms with Crippen LogP contribution in [-0.4, -0.2) is 5.78 Å². The number of hydrogen-bond donors (Lipinski definition) is 0. The van der Waals surface area contributed by atoms with Crippen molar-refractivity contribution in [2.75, 3.05) is 0 Å². The quantitative estimate of drug-likeness (QED) is 0.252. The minimum atomic E-state index is -0.598. The van der Waals surface area contributed by atoms with Crippen LogP contribution in [0.2, 0.25) is 0 Å². The fraction of sp³-hybridized carbons (Fsp3) is 0.0500. The molecule has 0 aliphatic rings. The minimum Gasteiger partial charge on any atom is -0.422 e. The van der Waals surface area contributed by atoms with Crippen LogP contribution in [-0.2, 0) is 6.54 Å². The van der Waals surface area contributed by atoms with E-state index in [0.717, 1.165) is 16.2 Å². The van der Waals surface area contributed by atoms with Crippen LogP contribution in [0.5, 0.6) is 0 Å². The molecular formula is C20H14NO3+. The lowest BCUT2D eigenvalue weighted by Gasteiger charge is -2.04. The van der Waals surface area contributed by atoms with Crippen molar-refractivity contribution in [1.82, 2.24) is 0 Å². The second-order valence-electron chi connectivity index (χ2n) is 5.62. The molecule has 0 saturated heterocycles. The van der Waals surface area contributed by atoms with Crippen molar-refractivity contribution in [2.45, 2.75) is 6.54 Å². The number of benzene rings is 2. The fourth-order valence-corrected chi connectivity index (χ4v) is 2.86. The second kappa shape index (κ2) is 5.74. The van der Waals surface area contributed by atoms with Gasteiger partial charge in [0.15, 0.2) is 12.4 Å². The normalized spacial score (nSPS) is 11.0. The van der Waals surface area contributed by atoms with Gasteiger partial charge in [-0.25, -0.2) is 4.79 Å². The molecule has 0 atom stereocenters. The average Bonchev–Trinajstić information content (AvgIpc) is 2.61. The Kier molecular flexibility index (Phi) is 3.43. The summed E-state index contributed by atoms with van der Waals surface area (Å²) >= 11 is 0. The van der Waals surface area contributed by atoms with Crippen molar-refractivity contribution in [3.63, 3.8) is 0 Å². The van der Waals surface area contributed by atoms with Gasteiger partial charge in [-0.2, -0.15) is 4.57 Å². The number of hydrogen-bond acceptors (Lipinski definition) is 3. The highest BCUT2D eigenvalue weighted by Gasteiger charge is 2.18. The molecule has 0 spiro atoms. The molecule has 4 rings (SSSR count). The zero-order valence-corrected chi connectivity index (χ0v) is 12.8. The summed E-state index contributed by atoms with van der Waals surface area (Å²) in [6.07, 6.45) is 3.58.